The van der Waals surface area contributed by atoms with E-state index in [2.05, 4.69) is 422 Å². The minimum Gasteiger partial charge on any atom is -0.456 e. The van der Waals surface area contributed by atoms with Crippen molar-refractivity contribution in [2.24, 2.45) is 0 Å². The van der Waals surface area contributed by atoms with Gasteiger partial charge in [-0.2, -0.15) is 0 Å². The Morgan fingerprint density at radius 2 is 0.580 bits per heavy atom. The fourth-order valence-corrected chi connectivity index (χ4v) is 23.2. The van der Waals surface area contributed by atoms with Crippen LogP contribution in [0.1, 0.15) is 0 Å². The molecule has 638 valence electrons. The average Bonchev–Trinajstić information content (AvgIpc) is 1.54. The normalized spacial score (nSPS) is 12.2. The van der Waals surface area contributed by atoms with Crippen LogP contribution in [0.4, 0.5) is 0 Å². The van der Waals surface area contributed by atoms with Crippen LogP contribution in [-0.2, 0) is 0 Å². The lowest BCUT2D eigenvalue weighted by Gasteiger charge is -2.17. The van der Waals surface area contributed by atoms with E-state index in [1.807, 2.05) is 12.1 Å². The van der Waals surface area contributed by atoms with Crippen LogP contribution < -0.4 is 0 Å². The third-order valence-corrected chi connectivity index (χ3v) is 29.7. The van der Waals surface area contributed by atoms with E-state index < -0.39 is 0 Å². The maximum absolute atomic E-state index is 7.10. The van der Waals surface area contributed by atoms with Crippen LogP contribution in [0.5, 0.6) is 0 Å². The number of nitrogens with zero attached hydrogens (tertiary/aromatic N) is 8. The fourth-order valence-electron chi connectivity index (χ4n) is 22.0. The number of aromatic nitrogens is 8. The van der Waals surface area contributed by atoms with Crippen LogP contribution in [-0.4, -0.2) is 39.0 Å². The summed E-state index contributed by atoms with van der Waals surface area (Å²) in [5.41, 5.74) is 22.0. The van der Waals surface area contributed by atoms with Crippen molar-refractivity contribution < 1.29 is 13.3 Å². The molecular weight excluding hydrogens is 1710 g/mol. The molecule has 0 N–H and O–H groups in total. The van der Waals surface area contributed by atoms with Gasteiger partial charge in [-0.05, 0) is 226 Å². The Hall–Kier alpha value is -18.4. The molecule has 30 rings (SSSR count). The Morgan fingerprint density at radius 1 is 0.181 bits per heavy atom. The van der Waals surface area contributed by atoms with Gasteiger partial charge in [0.2, 0.25) is 0 Å². The molecule has 0 unspecified atom stereocenters. The van der Waals surface area contributed by atoms with Crippen molar-refractivity contribution in [1.82, 2.24) is 39.0 Å². The first-order valence-corrected chi connectivity index (χ1v) is 47.4. The SMILES string of the molecule is c1ccc(-c2cccc(-c3nc(-c4ccc5oc6cc7ccccc7cc6c5c4-n4c5cc6ccccc6cc5c5ccc6ccccc6c54)nc(-c4cccc5c4sc4ccc(-c6cccc(-c7cccc(-c8nc(-c9ccc%10c(c9)oc9ccccc9%10)nc(-c9ccc%10oc%11cc%12ccccc%12cc%11c%10c9-n9c%10cc%11ccccc%11cc%10c%10c%11ccccc%11ccc%109)n8)c7)c6)cc45)n3)c2)cc1. The van der Waals surface area contributed by atoms with Crippen molar-refractivity contribution in [3.63, 3.8) is 0 Å². The number of hydrogen-bond acceptors (Lipinski definition) is 10. The minimum atomic E-state index is 0.492. The number of thiophene rings is 1. The molecule has 0 saturated heterocycles. The number of furan rings is 3. The molecule has 0 fully saturated rings. The molecule has 0 aliphatic heterocycles. The van der Waals surface area contributed by atoms with Crippen molar-refractivity contribution in [3.05, 3.63) is 425 Å². The first-order chi connectivity index (χ1) is 68.3. The molecular formula is C126H70N8O3S. The lowest BCUT2D eigenvalue weighted by molar-refractivity contribution is 0.668. The van der Waals surface area contributed by atoms with E-state index >= 15 is 0 Å². The van der Waals surface area contributed by atoms with Gasteiger partial charge in [-0.25, -0.2) is 29.9 Å². The summed E-state index contributed by atoms with van der Waals surface area (Å²) < 4.78 is 28.0. The molecule has 0 aliphatic carbocycles. The maximum Gasteiger partial charge on any atom is 0.166 e. The van der Waals surface area contributed by atoms with Gasteiger partial charge in [0.25, 0.3) is 0 Å². The van der Waals surface area contributed by atoms with Gasteiger partial charge in [0.15, 0.2) is 34.9 Å². The zero-order chi connectivity index (χ0) is 90.1. The molecule has 8 heterocycles. The zero-order valence-corrected chi connectivity index (χ0v) is 74.4. The molecule has 30 aromatic rings. The van der Waals surface area contributed by atoms with E-state index in [1.54, 1.807) is 11.3 Å². The van der Waals surface area contributed by atoms with Gasteiger partial charge in [0.05, 0.1) is 44.2 Å². The van der Waals surface area contributed by atoms with Crippen LogP contribution in [0.15, 0.2) is 438 Å². The Morgan fingerprint density at radius 3 is 1.20 bits per heavy atom. The van der Waals surface area contributed by atoms with Gasteiger partial charge in [-0.15, -0.1) is 11.3 Å². The molecule has 138 heavy (non-hydrogen) atoms. The fraction of sp³-hybridized carbons (Fsp3) is 0. The van der Waals surface area contributed by atoms with Crippen LogP contribution in [0.3, 0.4) is 0 Å². The second-order valence-corrected chi connectivity index (χ2v) is 37.3. The molecule has 0 spiro atoms. The van der Waals surface area contributed by atoms with E-state index in [1.165, 1.54) is 0 Å². The van der Waals surface area contributed by atoms with E-state index in [9.17, 15) is 0 Å². The molecule has 22 aromatic carbocycles. The molecule has 0 radical (unpaired) electrons. The van der Waals surface area contributed by atoms with Crippen LogP contribution >= 0.6 is 11.3 Å². The van der Waals surface area contributed by atoms with Crippen LogP contribution in [0.25, 0.3) is 307 Å². The lowest BCUT2D eigenvalue weighted by atomic mass is 9.97. The van der Waals surface area contributed by atoms with E-state index in [0.29, 0.717) is 34.9 Å². The summed E-state index contributed by atoms with van der Waals surface area (Å²) in [6.07, 6.45) is 0. The molecule has 11 nitrogen and oxygen atoms in total. The standard InChI is InChI=1S/C126H70N8O3S/c1-2-22-71(23-3-1)74-34-19-38-87(59-74)122-129-125(97-53-56-109-116(103-65-81-29-7-11-33-85(81)69-112(103)137-109)119(97)134-105-66-82-30-8-4-26-78(82)61-99(105)94-51-46-73-25-13-15-41-91(73)117(94)134)132-126(131-122)98-44-21-43-95-100-62-86(49-57-113(100)138-120(95)98)76-36-18-35-75(58-76)77-37-20-39-88(60-77)121-127-123(89-47-50-93-92-42-16-17-45-107(92)135-110(93)70-89)130-124(128-121)96-52-55-108-115(102-64-80-28-6-10-32-84(80)68-111(102)136-108)118(96)133-104-54-48-72-24-12-14-40-90(72)114(104)101-63-79-27-5-9-31-83(79)67-106(101)133/h1-70H. The highest BCUT2D eigenvalue weighted by atomic mass is 32.1. The summed E-state index contributed by atoms with van der Waals surface area (Å²) in [5, 5.41) is 26.3. The number of fused-ring (bicyclic) bond motifs is 26. The van der Waals surface area contributed by atoms with Gasteiger partial charge >= 0.3 is 0 Å². The summed E-state index contributed by atoms with van der Waals surface area (Å²) in [6.45, 7) is 0. The van der Waals surface area contributed by atoms with Crippen molar-refractivity contribution in [3.8, 4) is 113 Å². The average molecular weight is 1780 g/mol. The van der Waals surface area contributed by atoms with Crippen molar-refractivity contribution in [2.75, 3.05) is 0 Å². The predicted octanol–water partition coefficient (Wildman–Crippen LogP) is 34.2. The first kappa shape index (κ1) is 76.2. The Labute approximate surface area is 790 Å². The van der Waals surface area contributed by atoms with E-state index in [4.69, 9.17) is 43.2 Å². The molecule has 0 amide bonds. The smallest absolute Gasteiger partial charge is 0.166 e. The van der Waals surface area contributed by atoms with Gasteiger partial charge in [-0.3, -0.25) is 0 Å². The van der Waals surface area contributed by atoms with E-state index in [-0.39, 0.29) is 0 Å². The van der Waals surface area contributed by atoms with Crippen molar-refractivity contribution in [2.45, 2.75) is 0 Å². The number of benzene rings is 22. The molecule has 12 heteroatoms. The largest absolute Gasteiger partial charge is 0.456 e. The maximum atomic E-state index is 7.10. The van der Waals surface area contributed by atoms with Gasteiger partial charge < -0.3 is 22.4 Å². The third kappa shape index (κ3) is 11.8. The highest BCUT2D eigenvalue weighted by Gasteiger charge is 2.31. The monoisotopic (exact) mass is 1770 g/mol. The summed E-state index contributed by atoms with van der Waals surface area (Å²) in [7, 11) is 0. The Balaban J connectivity index is 0.581. The summed E-state index contributed by atoms with van der Waals surface area (Å²) >= 11 is 1.76. The summed E-state index contributed by atoms with van der Waals surface area (Å²) in [6, 6.07) is 152. The molecule has 0 bridgehead atoms. The Kier molecular flexibility index (Phi) is 16.3. The van der Waals surface area contributed by atoms with Crippen LogP contribution in [0.2, 0.25) is 0 Å². The highest BCUT2D eigenvalue weighted by molar-refractivity contribution is 7.26. The molecule has 0 atom stereocenters. The zero-order valence-electron chi connectivity index (χ0n) is 73.6. The third-order valence-electron chi connectivity index (χ3n) is 28.4. The topological polar surface area (TPSA) is 127 Å². The van der Waals surface area contributed by atoms with E-state index in [0.717, 1.165) is 272 Å². The van der Waals surface area contributed by atoms with Crippen molar-refractivity contribution in [1.29, 1.82) is 0 Å². The van der Waals surface area contributed by atoms with Crippen LogP contribution in [0, 0.1) is 0 Å². The Bertz CT molecular complexity index is 10600. The number of hydrogen-bond donors (Lipinski definition) is 0. The second-order valence-electron chi connectivity index (χ2n) is 36.3. The van der Waals surface area contributed by atoms with Gasteiger partial charge in [0.1, 0.15) is 33.5 Å². The van der Waals surface area contributed by atoms with Gasteiger partial charge in [0, 0.05) is 102 Å². The van der Waals surface area contributed by atoms with Crippen molar-refractivity contribution >= 4 is 206 Å². The predicted molar refractivity (Wildman–Crippen MR) is 571 cm³/mol. The molecule has 0 saturated carbocycles. The minimum absolute atomic E-state index is 0.492. The summed E-state index contributed by atoms with van der Waals surface area (Å²) in [5.74, 6) is 3.12. The lowest BCUT2D eigenvalue weighted by Crippen LogP contribution is -2.04. The first-order valence-electron chi connectivity index (χ1n) is 46.6. The number of rotatable bonds is 11. The highest BCUT2D eigenvalue weighted by Crippen LogP contribution is 2.52. The second kappa shape index (κ2) is 29.6. The molecule has 0 aliphatic rings. The number of para-hydroxylation sites is 1. The van der Waals surface area contributed by atoms with Gasteiger partial charge in [-0.1, -0.05) is 291 Å². The summed E-state index contributed by atoms with van der Waals surface area (Å²) in [4.78, 5) is 34.2. The quantitative estimate of drug-likeness (QED) is 0.124. The molecule has 8 aromatic heterocycles.